The van der Waals surface area contributed by atoms with Crippen molar-refractivity contribution in [2.24, 2.45) is 5.16 Å². The molecule has 7 heteroatoms. The molecule has 27 heavy (non-hydrogen) atoms. The van der Waals surface area contributed by atoms with Crippen molar-refractivity contribution >= 4 is 45.8 Å². The van der Waals surface area contributed by atoms with Crippen molar-refractivity contribution in [2.75, 3.05) is 7.11 Å². The second-order valence-corrected chi connectivity index (χ2v) is 7.87. The first-order valence-electron chi connectivity index (χ1n) is 8.05. The number of oxime groups is 1. The average Bonchev–Trinajstić information content (AvgIpc) is 3.36. The fourth-order valence-corrected chi connectivity index (χ4v) is 4.73. The molecule has 0 radical (unpaired) electrons. The Morgan fingerprint density at radius 3 is 2.63 bits per heavy atom. The number of methoxy groups -OCH3 is 1. The Hall–Kier alpha value is -3.03. The number of benzene rings is 1. The summed E-state index contributed by atoms with van der Waals surface area (Å²) in [5.41, 5.74) is 1.99. The molecule has 0 saturated heterocycles. The number of esters is 1. The molecule has 134 valence electrons. The molecule has 0 aliphatic rings. The van der Waals surface area contributed by atoms with Gasteiger partial charge in [0.1, 0.15) is 0 Å². The van der Waals surface area contributed by atoms with Crippen molar-refractivity contribution < 1.29 is 14.7 Å². The lowest BCUT2D eigenvalue weighted by Crippen LogP contribution is -2.03. The van der Waals surface area contributed by atoms with E-state index < -0.39 is 0 Å². The lowest BCUT2D eigenvalue weighted by molar-refractivity contribution is 0.0603. The highest BCUT2D eigenvalue weighted by Crippen LogP contribution is 2.37. The smallest absolute Gasteiger partial charge is 0.338 e. The van der Waals surface area contributed by atoms with Crippen LogP contribution in [0.15, 0.2) is 59.8 Å². The quantitative estimate of drug-likeness (QED) is 0.221. The van der Waals surface area contributed by atoms with Gasteiger partial charge < -0.3 is 9.94 Å². The second kappa shape index (κ2) is 7.30. The summed E-state index contributed by atoms with van der Waals surface area (Å²) in [6, 6.07) is 17.2. The molecule has 0 bridgehead atoms. The molecule has 0 aliphatic heterocycles. The van der Waals surface area contributed by atoms with E-state index in [0.717, 1.165) is 36.1 Å². The Morgan fingerprint density at radius 1 is 1.07 bits per heavy atom. The molecule has 1 aromatic carbocycles. The SMILES string of the molecule is COC(=O)c1cc(-c2ccc(-c3ccc(C=NO)s3)s2)nc2ccccc12. The monoisotopic (exact) mass is 394 g/mol. The van der Waals surface area contributed by atoms with Crippen molar-refractivity contribution in [3.8, 4) is 20.3 Å². The summed E-state index contributed by atoms with van der Waals surface area (Å²) >= 11 is 3.14. The van der Waals surface area contributed by atoms with Crippen LogP contribution in [0.3, 0.4) is 0 Å². The van der Waals surface area contributed by atoms with Gasteiger partial charge >= 0.3 is 5.97 Å². The number of ether oxygens (including phenoxy) is 1. The largest absolute Gasteiger partial charge is 0.465 e. The number of rotatable bonds is 4. The highest BCUT2D eigenvalue weighted by Gasteiger charge is 2.15. The molecular weight excluding hydrogens is 380 g/mol. The van der Waals surface area contributed by atoms with Gasteiger partial charge in [-0.15, -0.1) is 22.7 Å². The van der Waals surface area contributed by atoms with Gasteiger partial charge in [-0.05, 0) is 36.4 Å². The van der Waals surface area contributed by atoms with Crippen LogP contribution in [0.1, 0.15) is 15.2 Å². The Balaban J connectivity index is 1.78. The Morgan fingerprint density at radius 2 is 1.81 bits per heavy atom. The van der Waals surface area contributed by atoms with E-state index in [9.17, 15) is 4.79 Å². The first-order chi connectivity index (χ1) is 13.2. The molecule has 1 N–H and O–H groups in total. The van der Waals surface area contributed by atoms with Crippen LogP contribution in [0.25, 0.3) is 31.2 Å². The van der Waals surface area contributed by atoms with Crippen LogP contribution >= 0.6 is 22.7 Å². The van der Waals surface area contributed by atoms with E-state index in [0.29, 0.717) is 5.56 Å². The van der Waals surface area contributed by atoms with Crippen molar-refractivity contribution in [2.45, 2.75) is 0 Å². The molecule has 4 aromatic rings. The van der Waals surface area contributed by atoms with Crippen LogP contribution in [0.5, 0.6) is 0 Å². The van der Waals surface area contributed by atoms with E-state index in [-0.39, 0.29) is 5.97 Å². The maximum absolute atomic E-state index is 12.2. The van der Waals surface area contributed by atoms with E-state index in [1.54, 1.807) is 17.4 Å². The summed E-state index contributed by atoms with van der Waals surface area (Å²) in [5, 5.41) is 12.5. The van der Waals surface area contributed by atoms with Crippen molar-refractivity contribution in [3.63, 3.8) is 0 Å². The molecule has 0 spiro atoms. The van der Waals surface area contributed by atoms with Crippen LogP contribution in [-0.4, -0.2) is 29.5 Å². The van der Waals surface area contributed by atoms with Gasteiger partial charge in [0, 0.05) is 20.0 Å². The predicted molar refractivity (Wildman–Crippen MR) is 109 cm³/mol. The molecule has 4 rings (SSSR count). The van der Waals surface area contributed by atoms with E-state index in [4.69, 9.17) is 14.9 Å². The number of pyridine rings is 1. The van der Waals surface area contributed by atoms with E-state index in [1.165, 1.54) is 24.7 Å². The maximum atomic E-state index is 12.2. The number of carbonyl (C=O) groups excluding carboxylic acids is 1. The highest BCUT2D eigenvalue weighted by atomic mass is 32.1. The topological polar surface area (TPSA) is 71.8 Å². The normalized spacial score (nSPS) is 11.3. The minimum atomic E-state index is -0.377. The molecule has 0 aliphatic carbocycles. The molecular formula is C20H14N2O3S2. The van der Waals surface area contributed by atoms with Crippen molar-refractivity contribution in [1.82, 2.24) is 4.98 Å². The molecule has 0 saturated carbocycles. The summed E-state index contributed by atoms with van der Waals surface area (Å²) in [7, 11) is 1.38. The van der Waals surface area contributed by atoms with Crippen LogP contribution < -0.4 is 0 Å². The van der Waals surface area contributed by atoms with Crippen LogP contribution in [0.2, 0.25) is 0 Å². The minimum Gasteiger partial charge on any atom is -0.465 e. The lowest BCUT2D eigenvalue weighted by Gasteiger charge is -2.07. The molecule has 3 heterocycles. The van der Waals surface area contributed by atoms with E-state index >= 15 is 0 Å². The van der Waals surface area contributed by atoms with Crippen molar-refractivity contribution in [3.05, 3.63) is 65.0 Å². The first-order valence-corrected chi connectivity index (χ1v) is 9.69. The second-order valence-electron chi connectivity index (χ2n) is 5.67. The number of nitrogens with zero attached hydrogens (tertiary/aromatic N) is 2. The number of fused-ring (bicyclic) bond motifs is 1. The standard InChI is InChI=1S/C20H14N2O3S2/c1-25-20(23)14-10-16(22-15-5-3-2-4-13(14)15)17-8-9-19(27-17)18-7-6-12(26-18)11-21-24/h2-11,24H,1H3. The van der Waals surface area contributed by atoms with Gasteiger partial charge in [-0.1, -0.05) is 23.4 Å². The van der Waals surface area contributed by atoms with Crippen LogP contribution in [0.4, 0.5) is 0 Å². The highest BCUT2D eigenvalue weighted by molar-refractivity contribution is 7.24. The summed E-state index contributed by atoms with van der Waals surface area (Å²) in [5.74, 6) is -0.377. The zero-order valence-corrected chi connectivity index (χ0v) is 15.9. The average molecular weight is 394 g/mol. The third-order valence-electron chi connectivity index (χ3n) is 4.03. The fourth-order valence-electron chi connectivity index (χ4n) is 2.80. The number of para-hydroxylation sites is 1. The zero-order chi connectivity index (χ0) is 18.8. The van der Waals surface area contributed by atoms with Gasteiger partial charge in [0.05, 0.1) is 35.0 Å². The number of hydrogen-bond acceptors (Lipinski definition) is 7. The van der Waals surface area contributed by atoms with E-state index in [1.807, 2.05) is 48.5 Å². The van der Waals surface area contributed by atoms with Crippen LogP contribution in [0, 0.1) is 0 Å². The van der Waals surface area contributed by atoms with Gasteiger partial charge in [-0.2, -0.15) is 0 Å². The van der Waals surface area contributed by atoms with Gasteiger partial charge in [-0.3, -0.25) is 0 Å². The molecule has 0 fully saturated rings. The number of hydrogen-bond donors (Lipinski definition) is 1. The molecule has 0 amide bonds. The number of thiophene rings is 2. The Bertz CT molecular complexity index is 1160. The predicted octanol–water partition coefficient (Wildman–Crippen LogP) is 5.29. The molecule has 3 aromatic heterocycles. The summed E-state index contributed by atoms with van der Waals surface area (Å²) in [6.07, 6.45) is 1.41. The van der Waals surface area contributed by atoms with E-state index in [2.05, 4.69) is 5.16 Å². The Labute approximate surface area is 163 Å². The zero-order valence-electron chi connectivity index (χ0n) is 14.2. The fraction of sp³-hybridized carbons (Fsp3) is 0.0500. The number of carbonyl (C=O) groups is 1. The third kappa shape index (κ3) is 3.34. The number of aromatic nitrogens is 1. The summed E-state index contributed by atoms with van der Waals surface area (Å²) < 4.78 is 4.94. The molecule has 0 atom stereocenters. The third-order valence-corrected chi connectivity index (χ3v) is 6.36. The summed E-state index contributed by atoms with van der Waals surface area (Å²) in [6.45, 7) is 0. The first kappa shape index (κ1) is 17.4. The maximum Gasteiger partial charge on any atom is 0.338 e. The van der Waals surface area contributed by atoms with Gasteiger partial charge in [-0.25, -0.2) is 9.78 Å². The minimum absolute atomic E-state index is 0.377. The van der Waals surface area contributed by atoms with Gasteiger partial charge in [0.15, 0.2) is 0 Å². The van der Waals surface area contributed by atoms with Crippen molar-refractivity contribution in [1.29, 1.82) is 0 Å². The van der Waals surface area contributed by atoms with Crippen LogP contribution in [-0.2, 0) is 4.74 Å². The summed E-state index contributed by atoms with van der Waals surface area (Å²) in [4.78, 5) is 20.9. The Kier molecular flexibility index (Phi) is 4.70. The van der Waals surface area contributed by atoms with Gasteiger partial charge in [0.25, 0.3) is 0 Å². The lowest BCUT2D eigenvalue weighted by atomic mass is 10.1. The van der Waals surface area contributed by atoms with Gasteiger partial charge in [0.2, 0.25) is 0 Å². The molecule has 0 unspecified atom stereocenters. The molecule has 5 nitrogen and oxygen atoms in total.